The highest BCUT2D eigenvalue weighted by molar-refractivity contribution is 5.94. The molecule has 0 unspecified atom stereocenters. The average Bonchev–Trinajstić information content (AvgIpc) is 2.52. The van der Waals surface area contributed by atoms with E-state index in [0.29, 0.717) is 17.7 Å². The molecular formula is C17H21F3N2O2. The summed E-state index contributed by atoms with van der Waals surface area (Å²) in [6, 6.07) is 5.99. The van der Waals surface area contributed by atoms with Crippen molar-refractivity contribution in [2.45, 2.75) is 50.7 Å². The summed E-state index contributed by atoms with van der Waals surface area (Å²) in [4.78, 5) is 25.4. The molecule has 1 fully saturated rings. The molecule has 1 aliphatic heterocycles. The SMILES string of the molecule is NC(=O)C[C@@H]1CCCCN1C(=O)c1ccc(CCC(F)(F)F)cc1. The fourth-order valence-electron chi connectivity index (χ4n) is 2.98. The van der Waals surface area contributed by atoms with Crippen LogP contribution in [-0.2, 0) is 11.2 Å². The Kier molecular flexibility index (Phi) is 5.85. The molecule has 132 valence electrons. The van der Waals surface area contributed by atoms with Gasteiger partial charge in [0, 0.05) is 31.0 Å². The Morgan fingerprint density at radius 2 is 1.83 bits per heavy atom. The minimum absolute atomic E-state index is 0.105. The maximum atomic E-state index is 12.6. The quantitative estimate of drug-likeness (QED) is 0.894. The monoisotopic (exact) mass is 342 g/mol. The van der Waals surface area contributed by atoms with Crippen LogP contribution in [0.5, 0.6) is 0 Å². The van der Waals surface area contributed by atoms with Crippen molar-refractivity contribution >= 4 is 11.8 Å². The zero-order chi connectivity index (χ0) is 17.7. The first-order valence-electron chi connectivity index (χ1n) is 8.01. The molecule has 0 saturated carbocycles. The number of halogens is 3. The molecule has 1 aromatic rings. The summed E-state index contributed by atoms with van der Waals surface area (Å²) in [7, 11) is 0. The lowest BCUT2D eigenvalue weighted by Gasteiger charge is -2.35. The van der Waals surface area contributed by atoms with Gasteiger partial charge >= 0.3 is 6.18 Å². The third kappa shape index (κ3) is 5.25. The van der Waals surface area contributed by atoms with Crippen LogP contribution >= 0.6 is 0 Å². The van der Waals surface area contributed by atoms with Gasteiger partial charge in [0.25, 0.3) is 5.91 Å². The number of nitrogens with two attached hydrogens (primary N) is 1. The summed E-state index contributed by atoms with van der Waals surface area (Å²) in [5.41, 5.74) is 6.20. The van der Waals surface area contributed by atoms with Crippen LogP contribution in [0.25, 0.3) is 0 Å². The highest BCUT2D eigenvalue weighted by Gasteiger charge is 2.29. The molecule has 1 aromatic carbocycles. The third-order valence-corrected chi connectivity index (χ3v) is 4.22. The Bertz CT molecular complexity index is 584. The van der Waals surface area contributed by atoms with E-state index in [1.165, 1.54) is 0 Å². The van der Waals surface area contributed by atoms with Gasteiger partial charge in [0.05, 0.1) is 0 Å². The molecule has 2 rings (SSSR count). The lowest BCUT2D eigenvalue weighted by molar-refractivity contribution is -0.134. The van der Waals surface area contributed by atoms with Crippen molar-refractivity contribution in [2.75, 3.05) is 6.54 Å². The topological polar surface area (TPSA) is 63.4 Å². The molecule has 2 amide bonds. The minimum atomic E-state index is -4.19. The lowest BCUT2D eigenvalue weighted by atomic mass is 9.97. The fraction of sp³-hybridized carbons (Fsp3) is 0.529. The van der Waals surface area contributed by atoms with Crippen molar-refractivity contribution < 1.29 is 22.8 Å². The first-order valence-corrected chi connectivity index (χ1v) is 8.01. The number of carbonyl (C=O) groups excluding carboxylic acids is 2. The van der Waals surface area contributed by atoms with E-state index in [0.717, 1.165) is 19.3 Å². The molecule has 1 saturated heterocycles. The molecule has 7 heteroatoms. The number of aryl methyl sites for hydroxylation is 1. The number of hydrogen-bond acceptors (Lipinski definition) is 2. The molecule has 1 atom stereocenters. The molecule has 1 aliphatic rings. The molecule has 2 N–H and O–H groups in total. The lowest BCUT2D eigenvalue weighted by Crippen LogP contribution is -2.45. The van der Waals surface area contributed by atoms with Crippen molar-refractivity contribution in [3.63, 3.8) is 0 Å². The zero-order valence-electron chi connectivity index (χ0n) is 13.3. The van der Waals surface area contributed by atoms with E-state index in [4.69, 9.17) is 5.73 Å². The van der Waals surface area contributed by atoms with Gasteiger partial charge in [-0.15, -0.1) is 0 Å². The predicted octanol–water partition coefficient (Wildman–Crippen LogP) is 3.05. The molecule has 1 heterocycles. The summed E-state index contributed by atoms with van der Waals surface area (Å²) < 4.78 is 36.7. The van der Waals surface area contributed by atoms with E-state index < -0.39 is 18.5 Å². The Morgan fingerprint density at radius 3 is 2.42 bits per heavy atom. The molecule has 4 nitrogen and oxygen atoms in total. The predicted molar refractivity (Wildman–Crippen MR) is 83.3 cm³/mol. The Morgan fingerprint density at radius 1 is 1.17 bits per heavy atom. The largest absolute Gasteiger partial charge is 0.389 e. The third-order valence-electron chi connectivity index (χ3n) is 4.22. The van der Waals surface area contributed by atoms with Gasteiger partial charge in [-0.3, -0.25) is 9.59 Å². The van der Waals surface area contributed by atoms with E-state index in [-0.39, 0.29) is 24.8 Å². The van der Waals surface area contributed by atoms with Gasteiger partial charge < -0.3 is 10.6 Å². The van der Waals surface area contributed by atoms with Gasteiger partial charge in [-0.25, -0.2) is 0 Å². The van der Waals surface area contributed by atoms with Crippen molar-refractivity contribution in [1.82, 2.24) is 4.90 Å². The van der Waals surface area contributed by atoms with E-state index in [9.17, 15) is 22.8 Å². The number of hydrogen-bond donors (Lipinski definition) is 1. The normalized spacial score (nSPS) is 18.5. The van der Waals surface area contributed by atoms with Crippen molar-refractivity contribution in [3.8, 4) is 0 Å². The summed E-state index contributed by atoms with van der Waals surface area (Å²) in [5.74, 6) is -0.648. The van der Waals surface area contributed by atoms with Crippen molar-refractivity contribution in [1.29, 1.82) is 0 Å². The molecule has 0 aliphatic carbocycles. The van der Waals surface area contributed by atoms with Gasteiger partial charge in [-0.05, 0) is 43.4 Å². The highest BCUT2D eigenvalue weighted by Crippen LogP contribution is 2.24. The Balaban J connectivity index is 2.04. The molecule has 0 bridgehead atoms. The number of amides is 2. The van der Waals surface area contributed by atoms with Crippen LogP contribution in [0.2, 0.25) is 0 Å². The molecule has 24 heavy (non-hydrogen) atoms. The first kappa shape index (κ1) is 18.3. The van der Waals surface area contributed by atoms with Gasteiger partial charge in [0.1, 0.15) is 0 Å². The van der Waals surface area contributed by atoms with Crippen LogP contribution in [0.15, 0.2) is 24.3 Å². The molecular weight excluding hydrogens is 321 g/mol. The van der Waals surface area contributed by atoms with E-state index in [1.807, 2.05) is 0 Å². The van der Waals surface area contributed by atoms with E-state index >= 15 is 0 Å². The second kappa shape index (κ2) is 7.68. The second-order valence-electron chi connectivity index (χ2n) is 6.13. The fourth-order valence-corrected chi connectivity index (χ4v) is 2.98. The number of alkyl halides is 3. The average molecular weight is 342 g/mol. The molecule has 0 spiro atoms. The van der Waals surface area contributed by atoms with Crippen LogP contribution < -0.4 is 5.73 Å². The number of piperidine rings is 1. The number of carbonyl (C=O) groups is 2. The molecule has 0 radical (unpaired) electrons. The van der Waals surface area contributed by atoms with Crippen molar-refractivity contribution in [3.05, 3.63) is 35.4 Å². The highest BCUT2D eigenvalue weighted by atomic mass is 19.4. The first-order chi connectivity index (χ1) is 11.3. The summed E-state index contributed by atoms with van der Waals surface area (Å²) in [6.07, 6.45) is -2.50. The van der Waals surface area contributed by atoms with Crippen LogP contribution in [0, 0.1) is 0 Å². The number of nitrogens with zero attached hydrogens (tertiary/aromatic N) is 1. The van der Waals surface area contributed by atoms with Gasteiger partial charge in [0.15, 0.2) is 0 Å². The number of benzene rings is 1. The van der Waals surface area contributed by atoms with Gasteiger partial charge in [-0.1, -0.05) is 12.1 Å². The second-order valence-corrected chi connectivity index (χ2v) is 6.13. The smallest absolute Gasteiger partial charge is 0.370 e. The van der Waals surface area contributed by atoms with Crippen LogP contribution in [-0.4, -0.2) is 35.5 Å². The summed E-state index contributed by atoms with van der Waals surface area (Å²) in [5, 5.41) is 0. The summed E-state index contributed by atoms with van der Waals surface area (Å²) >= 11 is 0. The number of primary amides is 1. The Hall–Kier alpha value is -2.05. The van der Waals surface area contributed by atoms with Crippen LogP contribution in [0.1, 0.15) is 48.0 Å². The molecule has 0 aromatic heterocycles. The minimum Gasteiger partial charge on any atom is -0.370 e. The van der Waals surface area contributed by atoms with Gasteiger partial charge in [0.2, 0.25) is 5.91 Å². The van der Waals surface area contributed by atoms with Crippen LogP contribution in [0.3, 0.4) is 0 Å². The maximum Gasteiger partial charge on any atom is 0.389 e. The van der Waals surface area contributed by atoms with Gasteiger partial charge in [-0.2, -0.15) is 13.2 Å². The maximum absolute atomic E-state index is 12.6. The van der Waals surface area contributed by atoms with Crippen LogP contribution in [0.4, 0.5) is 13.2 Å². The van der Waals surface area contributed by atoms with E-state index in [1.54, 1.807) is 29.2 Å². The number of likely N-dealkylation sites (tertiary alicyclic amines) is 1. The van der Waals surface area contributed by atoms with E-state index in [2.05, 4.69) is 0 Å². The standard InChI is InChI=1S/C17H21F3N2O2/c18-17(19,20)9-8-12-4-6-13(7-5-12)16(24)22-10-2-1-3-14(22)11-15(21)23/h4-7,14H,1-3,8-11H2,(H2,21,23)/t14-/m0/s1. The zero-order valence-corrected chi connectivity index (χ0v) is 13.3. The van der Waals surface area contributed by atoms with Crippen molar-refractivity contribution in [2.24, 2.45) is 5.73 Å². The Labute approximate surface area is 138 Å². The summed E-state index contributed by atoms with van der Waals surface area (Å²) in [6.45, 7) is 0.562. The number of rotatable bonds is 5.